The number of sulfonamides is 2. The summed E-state index contributed by atoms with van der Waals surface area (Å²) in [4.78, 5) is 156. The lowest BCUT2D eigenvalue weighted by molar-refractivity contribution is -0.385. The Morgan fingerprint density at radius 1 is 0.445 bits per heavy atom. The molecule has 0 bridgehead atoms. The summed E-state index contributed by atoms with van der Waals surface area (Å²) in [5.41, 5.74) is 2.11. The van der Waals surface area contributed by atoms with E-state index in [1.165, 1.54) is 0 Å². The topological polar surface area (TPSA) is 686 Å². The second kappa shape index (κ2) is 65.9. The summed E-state index contributed by atoms with van der Waals surface area (Å²) >= 11 is 0. The molecule has 0 heterocycles. The number of amides is 2. The molecule has 0 aromatic heterocycles. The van der Waals surface area contributed by atoms with Crippen LogP contribution in [0.5, 0.6) is 0 Å². The van der Waals surface area contributed by atoms with Gasteiger partial charge in [-0.2, -0.15) is 33.7 Å². The fourth-order valence-corrected chi connectivity index (χ4v) is 10.3. The molecule has 0 aliphatic rings. The Kier molecular flexibility index (Phi) is 51.4. The molecule has 0 atom stereocenters. The van der Waals surface area contributed by atoms with Gasteiger partial charge in [-0.15, -0.1) is 17.4 Å². The van der Waals surface area contributed by atoms with Crippen molar-refractivity contribution >= 4 is 147 Å². The van der Waals surface area contributed by atoms with E-state index >= 15 is 0 Å². The minimum absolute atomic E-state index is 0. The highest BCUT2D eigenvalue weighted by Crippen LogP contribution is 2.23. The van der Waals surface area contributed by atoms with Gasteiger partial charge in [-0.1, -0.05) is 10.3 Å². The Balaban J connectivity index is -0.000000279. The zero-order valence-corrected chi connectivity index (χ0v) is 90.3. The Morgan fingerprint density at radius 2 is 0.740 bits per heavy atom. The van der Waals surface area contributed by atoms with Crippen molar-refractivity contribution in [2.24, 2.45) is 21.8 Å². The second-order valence-electron chi connectivity index (χ2n) is 37.8. The SMILES string of the molecule is CC(C)(C)OC(=O)CN.CC(C)(C)OC(=O)CNS(=O)(=O)c1ccc([N+](=O)[O-])cc1.Cl.O=CC(F)(F)F.O=[N+]([O-])c1ccc(S(=O)(=O)Cl)cc1.[2H]C([2H])([2H])N(CC(=O)OC(C)(C)C)/C(=N\O)NC(=O)OC(C)(C)C.[2H]C([2H])([2H])N(CC(=O)OC(C)(C)C)/C(N)=N\O.[2H]C([2H])([2H])N(CC(=O)OC(C)(C)C)C(=O)OC(C)(C)C.[2H]C([2H])([2H])N(CC(=O)OC(C)(C)C)S(=O)(=O)c1ccc([N+](=O)[O-])cc1.[2H]C([2H])([2H])N(CC(=O)OC(C)(C)C)[N+]#[C-].[2H]C([2H])([2H])NCC(=O)OC(C)(C)C. The third-order valence-corrected chi connectivity index (χ3v) is 16.5. The highest BCUT2D eigenvalue weighted by molar-refractivity contribution is 8.13. The molecular formula is C87H147Cl2F3N16O35S3. The number of likely N-dealkylation sites (N-methyl/N-ethyl adjacent to an activating group) is 6. The number of ether oxygens (including phenoxy) is 10. The molecule has 9 N–H and O–H groups in total. The number of rotatable bonds is 23. The lowest BCUT2D eigenvalue weighted by atomic mass is 10.2. The van der Waals surface area contributed by atoms with Crippen LogP contribution in [0.25, 0.3) is 4.95 Å². The van der Waals surface area contributed by atoms with Gasteiger partial charge in [-0.25, -0.2) is 39.6 Å². The normalized spacial score (nSPS) is 14.0. The predicted octanol–water partition coefficient (Wildman–Crippen LogP) is 11.1. The third kappa shape index (κ3) is 88.0. The Hall–Kier alpha value is -12.5. The average Bonchev–Trinajstić information content (AvgIpc) is 0.777. The number of aldehydes is 1. The van der Waals surface area contributed by atoms with Crippen molar-refractivity contribution in [3.63, 3.8) is 0 Å². The molecule has 3 aromatic carbocycles. The van der Waals surface area contributed by atoms with Crippen LogP contribution in [-0.2, 0) is 120 Å². The van der Waals surface area contributed by atoms with Gasteiger partial charge < -0.3 is 89.3 Å². The van der Waals surface area contributed by atoms with Crippen LogP contribution >= 0.6 is 23.1 Å². The van der Waals surface area contributed by atoms with E-state index in [1.807, 2.05) is 5.32 Å². The van der Waals surface area contributed by atoms with E-state index in [0.717, 1.165) is 72.8 Å². The average molecular weight is 2220 g/mol. The molecule has 0 fully saturated rings. The molecule has 0 aliphatic carbocycles. The van der Waals surface area contributed by atoms with Crippen molar-refractivity contribution in [2.45, 2.75) is 285 Å². The number of alkyl carbamates (subject to hydrolysis) is 1. The van der Waals surface area contributed by atoms with Crippen molar-refractivity contribution in [1.29, 1.82) is 0 Å². The van der Waals surface area contributed by atoms with Crippen LogP contribution in [0, 0.1) is 36.9 Å². The number of non-ortho nitro benzene ring substituents is 3. The Bertz CT molecular complexity index is 5840. The second-order valence-corrected chi connectivity index (χ2v) is 44.0. The van der Waals surface area contributed by atoms with E-state index in [4.69, 9.17) is 116 Å². The van der Waals surface area contributed by atoms with Gasteiger partial charge in [-0.05, 0) is 251 Å². The number of hydrogen-bond acceptors (Lipinski definition) is 40. The fourth-order valence-electron chi connectivity index (χ4n) is 7.54. The number of carbonyl (C=O) groups is 11. The number of halogens is 5. The van der Waals surface area contributed by atoms with Crippen LogP contribution in [0.1, 0.15) is 232 Å². The van der Waals surface area contributed by atoms with E-state index < -0.39 is 264 Å². The molecule has 51 nitrogen and oxygen atoms in total. The standard InChI is InChI=1S/C13H25N3O5.C13H18N2O6S.C12H16N2O6S.C12H23NO4.C8H17N3O3.C8H14N2O2.C7H15NO2.C6H4ClNO4S.C6H13NO2.C2HF3O.ClH/c1-12(2,3)20-9(17)8-16(7)10(15-19)14-11(18)21-13(4,5)6;1-13(2,3)21-12(16)9-14(4)22(19,20)11-7-5-10(6-8-11)15(17)18;1-12(2,3)20-11(15)8-13-21(18,19)10-6-4-9(5-7-10)14(16)17;1-11(2,3)16-9(14)8-13(7)10(15)17-12(4,5)6;1-8(2,3)14-6(12)5-11(4)7(9)10-13;1-8(2,3)12-7(11)6-10(5)9-4;1-7(2,3)10-6(9)5-8-4;7-13(11,12)6-3-1-5(2-4-6)8(9)10;1-6(2,3)9-5(8)4-7;3-2(4,5)1-6;/h19H,8H2,1-7H3,(H,14,15,18);5-8H,9H2,1-4H3;4-7,13H,8H2,1-3H3;8H2,1-7H3;13H,5H2,1-4H3,(H2,9,10);6H2,1-3,5H3;8H,5H2,1-4H3;1-4H;4,7H2,1-3H3;1H;1H/i7D3;4D3;;7D3;4D3;5D3;4D3;;;;. The third-order valence-electron chi connectivity index (χ3n) is 12.1. The van der Waals surface area contributed by atoms with Crippen molar-refractivity contribution < 1.29 is 188 Å². The van der Waals surface area contributed by atoms with Gasteiger partial charge in [-0.3, -0.25) is 74.0 Å². The van der Waals surface area contributed by atoms with E-state index in [-0.39, 0.29) is 62.6 Å². The summed E-state index contributed by atoms with van der Waals surface area (Å²) in [6.45, 7) is 35.3. The molecule has 0 saturated carbocycles. The maximum absolute atomic E-state index is 12.5. The molecule has 0 saturated heterocycles. The number of alkyl halides is 3. The number of nitro benzene ring substituents is 3. The summed E-state index contributed by atoms with van der Waals surface area (Å²) in [6.07, 6.45) is -7.82. The number of oxime groups is 2. The van der Waals surface area contributed by atoms with Crippen LogP contribution in [0.2, 0.25) is 0 Å². The summed E-state index contributed by atoms with van der Waals surface area (Å²) in [5, 5.41) is 58.5. The molecule has 0 radical (unpaired) electrons. The molecule has 59 heteroatoms. The predicted molar refractivity (Wildman–Crippen MR) is 532 cm³/mol. The first-order valence-electron chi connectivity index (χ1n) is 50.2. The monoisotopic (exact) mass is 2220 g/mol. The van der Waals surface area contributed by atoms with Gasteiger partial charge in [0.25, 0.3) is 26.1 Å². The van der Waals surface area contributed by atoms with E-state index in [2.05, 4.69) is 25.3 Å². The molecular weight excluding hydrogens is 2050 g/mol. The summed E-state index contributed by atoms with van der Waals surface area (Å²) in [6, 6.07) is 12.3. The van der Waals surface area contributed by atoms with E-state index in [1.54, 1.807) is 208 Å². The number of benzene rings is 3. The van der Waals surface area contributed by atoms with Crippen molar-refractivity contribution in [2.75, 3.05) is 94.2 Å². The van der Waals surface area contributed by atoms with Crippen molar-refractivity contribution in [3.05, 3.63) is 115 Å². The lowest BCUT2D eigenvalue weighted by Crippen LogP contribution is -2.46. The van der Waals surface area contributed by atoms with Gasteiger partial charge in [0, 0.05) is 95.5 Å². The summed E-state index contributed by atoms with van der Waals surface area (Å²) in [5.74, 6) is -7.28. The smallest absolute Gasteiger partial charge is 0.446 e. The summed E-state index contributed by atoms with van der Waals surface area (Å²) < 4.78 is 282. The minimum atomic E-state index is -4.64. The van der Waals surface area contributed by atoms with Gasteiger partial charge in [0.05, 0.1) is 53.6 Å². The first kappa shape index (κ1) is 114. The molecule has 2 amide bonds. The van der Waals surface area contributed by atoms with Crippen LogP contribution in [-0.4, -0.2) is 309 Å². The quantitative estimate of drug-likeness (QED) is 0.00443. The number of nitrogens with one attached hydrogen (secondary N) is 3. The maximum Gasteiger partial charge on any atom is 0.446 e. The maximum atomic E-state index is 12.5. The molecule has 146 heavy (non-hydrogen) atoms. The number of nitro groups is 3. The summed E-state index contributed by atoms with van der Waals surface area (Å²) in [7, 11) is -7.33. The van der Waals surface area contributed by atoms with Gasteiger partial charge in [0.2, 0.25) is 38.3 Å². The molecule has 0 aliphatic heterocycles. The number of carbonyl (C=O) groups excluding carboxylic acids is 11. The minimum Gasteiger partial charge on any atom is -0.459 e. The van der Waals surface area contributed by atoms with Crippen LogP contribution in [0.3, 0.4) is 0 Å². The Labute approximate surface area is 887 Å². The molecule has 0 spiro atoms. The number of guanidine groups is 2. The largest absolute Gasteiger partial charge is 0.459 e. The highest BCUT2D eigenvalue weighted by Gasteiger charge is 2.31. The van der Waals surface area contributed by atoms with Crippen molar-refractivity contribution in [3.8, 4) is 0 Å². The van der Waals surface area contributed by atoms with Gasteiger partial charge in [0.15, 0.2) is 6.54 Å². The number of hydrogen-bond donors (Lipinski definition) is 7. The number of nitrogens with two attached hydrogens (primary N) is 2. The van der Waals surface area contributed by atoms with Crippen LogP contribution in [0.15, 0.2) is 97.8 Å². The van der Waals surface area contributed by atoms with Gasteiger partial charge in [0.1, 0.15) is 88.7 Å². The van der Waals surface area contributed by atoms with E-state index in [9.17, 15) is 117 Å². The zero-order valence-electron chi connectivity index (χ0n) is 104. The molecule has 3 aromatic rings. The lowest BCUT2D eigenvalue weighted by Gasteiger charge is -2.25. The van der Waals surface area contributed by atoms with Crippen LogP contribution in [0.4, 0.5) is 39.8 Å². The van der Waals surface area contributed by atoms with Crippen LogP contribution < -0.4 is 26.8 Å². The zero-order chi connectivity index (χ0) is 131. The Morgan fingerprint density at radius 3 is 1.01 bits per heavy atom. The molecule has 0 unspecified atom stereocenters. The number of nitrogens with zero attached hydrogens (tertiary/aromatic N) is 11. The van der Waals surface area contributed by atoms with Crippen molar-refractivity contribution in [1.82, 2.24) is 39.4 Å². The van der Waals surface area contributed by atoms with Gasteiger partial charge >= 0.3 is 66.1 Å². The molecule has 838 valence electrons. The van der Waals surface area contributed by atoms with E-state index in [0.29, 0.717) is 19.7 Å². The number of esters is 8. The molecule has 3 rings (SSSR count). The fraction of sp³-hybridized carbons (Fsp3) is 0.632. The highest BCUT2D eigenvalue weighted by atomic mass is 35.7. The first-order chi connectivity index (χ1) is 71.9. The first-order valence-corrected chi connectivity index (χ1v) is 46.5.